The van der Waals surface area contributed by atoms with Crippen LogP contribution in [0.2, 0.25) is 0 Å². The topological polar surface area (TPSA) is 68.3 Å². The fraction of sp³-hybridized carbons (Fsp3) is 0.133. The summed E-state index contributed by atoms with van der Waals surface area (Å²) in [4.78, 5) is 27.7. The van der Waals surface area contributed by atoms with E-state index in [0.29, 0.717) is 16.8 Å². The quantitative estimate of drug-likeness (QED) is 0.882. The minimum atomic E-state index is -0.460. The third kappa shape index (κ3) is 4.29. The van der Waals surface area contributed by atoms with E-state index in [0.717, 1.165) is 0 Å². The Labute approximate surface area is 128 Å². The number of amides is 1. The fourth-order valence-corrected chi connectivity index (χ4v) is 1.68. The van der Waals surface area contributed by atoms with Gasteiger partial charge in [-0.05, 0) is 31.2 Å². The number of nitrogens with zero attached hydrogens (tertiary/aromatic N) is 1. The second-order valence-corrected chi connectivity index (χ2v) is 3.96. The van der Waals surface area contributed by atoms with Crippen LogP contribution < -0.4 is 5.32 Å². The van der Waals surface area contributed by atoms with Gasteiger partial charge in [0.1, 0.15) is 0 Å². The lowest BCUT2D eigenvalue weighted by molar-refractivity contribution is 0.0527. The van der Waals surface area contributed by atoms with Crippen LogP contribution in [0.3, 0.4) is 0 Å². The Morgan fingerprint density at radius 3 is 2.48 bits per heavy atom. The van der Waals surface area contributed by atoms with Gasteiger partial charge in [0, 0.05) is 18.0 Å². The minimum Gasteiger partial charge on any atom is -0.462 e. The number of rotatable bonds is 4. The van der Waals surface area contributed by atoms with Crippen molar-refractivity contribution in [2.45, 2.75) is 6.92 Å². The van der Waals surface area contributed by atoms with E-state index in [9.17, 15) is 9.59 Å². The standard InChI is InChI=1S/C15H14N2O3.ClH/c1-2-20-15(19)12-5-3-4-6-13(12)17-14(18)11-7-9-16-10-8-11;/h3-10H,2H2,1H3,(H,17,18);1H. The van der Waals surface area contributed by atoms with Crippen LogP contribution in [0.4, 0.5) is 5.69 Å². The maximum atomic E-state index is 12.1. The van der Waals surface area contributed by atoms with Crippen molar-refractivity contribution in [3.05, 3.63) is 59.9 Å². The first kappa shape index (κ1) is 16.7. The number of benzene rings is 1. The van der Waals surface area contributed by atoms with Crippen molar-refractivity contribution in [1.82, 2.24) is 4.98 Å². The zero-order valence-corrected chi connectivity index (χ0v) is 12.2. The number of hydrogen-bond acceptors (Lipinski definition) is 4. The van der Waals surface area contributed by atoms with Gasteiger partial charge in [-0.25, -0.2) is 4.79 Å². The van der Waals surface area contributed by atoms with Crippen LogP contribution in [0.15, 0.2) is 48.8 Å². The summed E-state index contributed by atoms with van der Waals surface area (Å²) in [6.07, 6.45) is 3.07. The number of carbonyl (C=O) groups excluding carboxylic acids is 2. The number of pyridine rings is 1. The number of esters is 1. The molecule has 1 aromatic heterocycles. The summed E-state index contributed by atoms with van der Waals surface area (Å²) < 4.78 is 4.96. The Morgan fingerprint density at radius 2 is 1.81 bits per heavy atom. The van der Waals surface area contributed by atoms with Crippen molar-refractivity contribution < 1.29 is 14.3 Å². The molecule has 0 saturated carbocycles. The lowest BCUT2D eigenvalue weighted by Crippen LogP contribution is -2.15. The molecule has 0 radical (unpaired) electrons. The molecular weight excluding hydrogens is 292 g/mol. The fourth-order valence-electron chi connectivity index (χ4n) is 1.68. The normalized spacial score (nSPS) is 9.38. The zero-order valence-electron chi connectivity index (χ0n) is 11.4. The Hall–Kier alpha value is -2.40. The number of aromatic nitrogens is 1. The predicted octanol–water partition coefficient (Wildman–Crippen LogP) is 2.93. The van der Waals surface area contributed by atoms with E-state index in [2.05, 4.69) is 10.3 Å². The highest BCUT2D eigenvalue weighted by Crippen LogP contribution is 2.17. The molecule has 0 fully saturated rings. The van der Waals surface area contributed by atoms with E-state index in [-0.39, 0.29) is 24.9 Å². The highest BCUT2D eigenvalue weighted by Gasteiger charge is 2.14. The average Bonchev–Trinajstić information content (AvgIpc) is 2.49. The second kappa shape index (κ2) is 8.01. The first-order valence-electron chi connectivity index (χ1n) is 6.20. The average molecular weight is 307 g/mol. The van der Waals surface area contributed by atoms with Gasteiger partial charge in [-0.15, -0.1) is 12.4 Å². The number of nitrogens with one attached hydrogen (secondary N) is 1. The third-order valence-corrected chi connectivity index (χ3v) is 2.61. The highest BCUT2D eigenvalue weighted by molar-refractivity contribution is 6.07. The van der Waals surface area contributed by atoms with Crippen molar-refractivity contribution >= 4 is 30.0 Å². The monoisotopic (exact) mass is 306 g/mol. The largest absolute Gasteiger partial charge is 0.462 e. The van der Waals surface area contributed by atoms with Crippen LogP contribution in [0.5, 0.6) is 0 Å². The molecule has 0 atom stereocenters. The van der Waals surface area contributed by atoms with Gasteiger partial charge in [0.2, 0.25) is 0 Å². The number of hydrogen-bond donors (Lipinski definition) is 1. The summed E-state index contributed by atoms with van der Waals surface area (Å²) in [6, 6.07) is 9.93. The Morgan fingerprint density at radius 1 is 1.14 bits per heavy atom. The van der Waals surface area contributed by atoms with Crippen LogP contribution in [-0.2, 0) is 4.74 Å². The number of anilines is 1. The van der Waals surface area contributed by atoms with Gasteiger partial charge in [0.15, 0.2) is 0 Å². The maximum Gasteiger partial charge on any atom is 0.340 e. The van der Waals surface area contributed by atoms with Crippen LogP contribution >= 0.6 is 12.4 Å². The minimum absolute atomic E-state index is 0. The van der Waals surface area contributed by atoms with Crippen LogP contribution in [0.1, 0.15) is 27.6 Å². The summed E-state index contributed by atoms with van der Waals surface area (Å²) in [5, 5.41) is 2.70. The van der Waals surface area contributed by atoms with Gasteiger partial charge in [-0.2, -0.15) is 0 Å². The van der Waals surface area contributed by atoms with Gasteiger partial charge in [-0.1, -0.05) is 12.1 Å². The van der Waals surface area contributed by atoms with Crippen LogP contribution in [0.25, 0.3) is 0 Å². The van der Waals surface area contributed by atoms with Gasteiger partial charge in [0.25, 0.3) is 5.91 Å². The Kier molecular flexibility index (Phi) is 6.36. The summed E-state index contributed by atoms with van der Waals surface area (Å²) in [5.41, 5.74) is 1.23. The zero-order chi connectivity index (χ0) is 14.4. The number of carbonyl (C=O) groups is 2. The molecule has 1 amide bonds. The van der Waals surface area contributed by atoms with Crippen LogP contribution in [-0.4, -0.2) is 23.5 Å². The first-order chi connectivity index (χ1) is 9.72. The second-order valence-electron chi connectivity index (χ2n) is 3.96. The van der Waals surface area contributed by atoms with Crippen molar-refractivity contribution in [1.29, 1.82) is 0 Å². The molecule has 110 valence electrons. The molecule has 2 aromatic rings. The summed E-state index contributed by atoms with van der Waals surface area (Å²) in [6.45, 7) is 2.02. The van der Waals surface area contributed by atoms with E-state index in [1.807, 2.05) is 0 Å². The Balaban J connectivity index is 0.00000220. The highest BCUT2D eigenvalue weighted by atomic mass is 35.5. The molecule has 0 saturated heterocycles. The molecule has 1 heterocycles. The molecule has 1 aromatic carbocycles. The van der Waals surface area contributed by atoms with E-state index in [1.54, 1.807) is 43.3 Å². The summed E-state index contributed by atoms with van der Waals surface area (Å²) in [7, 11) is 0. The van der Waals surface area contributed by atoms with Gasteiger partial charge in [0.05, 0.1) is 17.9 Å². The molecular formula is C15H15ClN2O3. The number of halogens is 1. The van der Waals surface area contributed by atoms with E-state index >= 15 is 0 Å². The lowest BCUT2D eigenvalue weighted by atomic mass is 10.1. The number of ether oxygens (including phenoxy) is 1. The van der Waals surface area contributed by atoms with Crippen molar-refractivity contribution in [3.8, 4) is 0 Å². The van der Waals surface area contributed by atoms with Gasteiger partial charge in [-0.3, -0.25) is 9.78 Å². The third-order valence-electron chi connectivity index (χ3n) is 2.61. The molecule has 21 heavy (non-hydrogen) atoms. The van der Waals surface area contributed by atoms with E-state index < -0.39 is 5.97 Å². The summed E-state index contributed by atoms with van der Waals surface area (Å²) >= 11 is 0. The summed E-state index contributed by atoms with van der Waals surface area (Å²) in [5.74, 6) is -0.762. The van der Waals surface area contributed by atoms with Gasteiger partial charge >= 0.3 is 5.97 Å². The Bertz CT molecular complexity index is 617. The first-order valence-corrected chi connectivity index (χ1v) is 6.20. The molecule has 0 aliphatic heterocycles. The molecule has 0 aliphatic rings. The molecule has 0 aliphatic carbocycles. The molecule has 0 bridgehead atoms. The molecule has 0 unspecified atom stereocenters. The van der Waals surface area contributed by atoms with Gasteiger partial charge < -0.3 is 10.1 Å². The molecule has 1 N–H and O–H groups in total. The van der Waals surface area contributed by atoms with E-state index in [1.165, 1.54) is 12.4 Å². The predicted molar refractivity (Wildman–Crippen MR) is 81.8 cm³/mol. The molecule has 2 rings (SSSR count). The van der Waals surface area contributed by atoms with Crippen LogP contribution in [0, 0.1) is 0 Å². The SMILES string of the molecule is CCOC(=O)c1ccccc1NC(=O)c1ccncc1.Cl. The van der Waals surface area contributed by atoms with Crippen molar-refractivity contribution in [3.63, 3.8) is 0 Å². The molecule has 0 spiro atoms. The smallest absolute Gasteiger partial charge is 0.340 e. The lowest BCUT2D eigenvalue weighted by Gasteiger charge is -2.10. The maximum absolute atomic E-state index is 12.1. The number of para-hydroxylation sites is 1. The van der Waals surface area contributed by atoms with E-state index in [4.69, 9.17) is 4.74 Å². The van der Waals surface area contributed by atoms with Crippen molar-refractivity contribution in [2.24, 2.45) is 0 Å². The molecule has 5 nitrogen and oxygen atoms in total. The van der Waals surface area contributed by atoms with Crippen molar-refractivity contribution in [2.75, 3.05) is 11.9 Å². The molecule has 6 heteroatoms.